The number of halogens is 2. The van der Waals surface area contributed by atoms with E-state index in [1.165, 1.54) is 0 Å². The van der Waals surface area contributed by atoms with Crippen molar-refractivity contribution in [3.8, 4) is 11.5 Å². The summed E-state index contributed by atoms with van der Waals surface area (Å²) in [7, 11) is -2.20. The molecular formula is C22H32B2Cl2N2O8. The second-order valence-electron chi connectivity index (χ2n) is 7.38. The number of nitrogens with two attached hydrogens (primary N) is 1. The molecular weight excluding hydrogens is 513 g/mol. The molecule has 36 heavy (non-hydrogen) atoms. The molecule has 0 spiro atoms. The van der Waals surface area contributed by atoms with Crippen LogP contribution < -0.4 is 26.1 Å². The van der Waals surface area contributed by atoms with Crippen molar-refractivity contribution >= 4 is 48.4 Å². The average Bonchev–Trinajstić information content (AvgIpc) is 3.24. The van der Waals surface area contributed by atoms with Crippen molar-refractivity contribution in [3.63, 3.8) is 0 Å². The number of nitro groups is 1. The summed E-state index contributed by atoms with van der Waals surface area (Å²) in [5.41, 5.74) is 7.95. The van der Waals surface area contributed by atoms with Crippen LogP contribution in [0.3, 0.4) is 0 Å². The summed E-state index contributed by atoms with van der Waals surface area (Å²) >= 11 is 11.9. The Morgan fingerprint density at radius 3 is 1.75 bits per heavy atom. The summed E-state index contributed by atoms with van der Waals surface area (Å²) in [6.45, 7) is 4.46. The van der Waals surface area contributed by atoms with Crippen LogP contribution in [0.2, 0.25) is 10.0 Å². The van der Waals surface area contributed by atoms with Gasteiger partial charge in [-0.25, -0.2) is 0 Å². The zero-order chi connectivity index (χ0) is 25.0. The van der Waals surface area contributed by atoms with Crippen LogP contribution in [0.1, 0.15) is 52.0 Å². The Balaban J connectivity index is 0.000000343. The van der Waals surface area contributed by atoms with Crippen LogP contribution >= 0.6 is 23.2 Å². The first kappa shape index (κ1) is 32.0. The molecule has 4 N–H and O–H groups in total. The minimum atomic E-state index is -1.22. The van der Waals surface area contributed by atoms with Gasteiger partial charge in [0.05, 0.1) is 19.3 Å². The van der Waals surface area contributed by atoms with E-state index in [0.29, 0.717) is 57.8 Å². The molecule has 4 rings (SSSR count). The first-order chi connectivity index (χ1) is 16.2. The van der Waals surface area contributed by atoms with Crippen LogP contribution in [-0.2, 0) is 9.31 Å². The quantitative estimate of drug-likeness (QED) is 0.272. The van der Waals surface area contributed by atoms with Gasteiger partial charge < -0.3 is 34.6 Å². The minimum absolute atomic E-state index is 0. The van der Waals surface area contributed by atoms with Gasteiger partial charge in [-0.15, -0.1) is 0 Å². The molecule has 0 bridgehead atoms. The Hall–Kier alpha value is -2.05. The first-order valence-corrected chi connectivity index (χ1v) is 11.4. The number of hydrogen-bond donors (Lipinski definition) is 3. The van der Waals surface area contributed by atoms with Gasteiger partial charge in [0.15, 0.2) is 0 Å². The maximum Gasteiger partial charge on any atom is 0.496 e. The van der Waals surface area contributed by atoms with E-state index in [1.54, 1.807) is 31.2 Å². The summed E-state index contributed by atoms with van der Waals surface area (Å²) in [6, 6.07) is 6.55. The van der Waals surface area contributed by atoms with E-state index in [-0.39, 0.29) is 21.0 Å². The molecule has 0 aromatic heterocycles. The Morgan fingerprint density at radius 1 is 0.944 bits per heavy atom. The molecule has 2 unspecified atom stereocenters. The maximum absolute atomic E-state index is 10.5. The SMILES string of the molecule is C.C.CCOc1cc(Cl)cc2c1B(O)OC2CN.CCOc1cc(Cl)cc2c1B(O)OC2C[N+](=O)[O-]. The zero-order valence-corrected chi connectivity index (χ0v) is 20.1. The zero-order valence-electron chi connectivity index (χ0n) is 18.6. The molecule has 0 amide bonds. The summed E-state index contributed by atoms with van der Waals surface area (Å²) in [5, 5.41) is 31.1. The van der Waals surface area contributed by atoms with Crippen LogP contribution in [-0.4, -0.2) is 55.5 Å². The predicted molar refractivity (Wildman–Crippen MR) is 142 cm³/mol. The molecule has 2 heterocycles. The number of rotatable bonds is 7. The molecule has 0 aliphatic carbocycles. The summed E-state index contributed by atoms with van der Waals surface area (Å²) in [5.74, 6) is 0.965. The third kappa shape index (κ3) is 7.04. The van der Waals surface area contributed by atoms with Crippen molar-refractivity contribution in [3.05, 3.63) is 55.6 Å². The fourth-order valence-corrected chi connectivity index (χ4v) is 4.32. The third-order valence-electron chi connectivity index (χ3n) is 5.18. The smallest absolute Gasteiger partial charge is 0.494 e. The van der Waals surface area contributed by atoms with Crippen LogP contribution in [0.25, 0.3) is 0 Å². The van der Waals surface area contributed by atoms with E-state index >= 15 is 0 Å². The highest BCUT2D eigenvalue weighted by Crippen LogP contribution is 2.32. The van der Waals surface area contributed by atoms with Gasteiger partial charge in [0.2, 0.25) is 6.54 Å². The molecule has 0 saturated carbocycles. The van der Waals surface area contributed by atoms with Gasteiger partial charge in [-0.1, -0.05) is 38.1 Å². The summed E-state index contributed by atoms with van der Waals surface area (Å²) in [4.78, 5) is 10.1. The van der Waals surface area contributed by atoms with Crippen molar-refractivity contribution in [1.82, 2.24) is 0 Å². The molecule has 14 heteroatoms. The molecule has 2 aliphatic rings. The van der Waals surface area contributed by atoms with E-state index in [1.807, 2.05) is 6.92 Å². The first-order valence-electron chi connectivity index (χ1n) is 10.6. The molecule has 0 fully saturated rings. The van der Waals surface area contributed by atoms with Crippen molar-refractivity contribution in [2.45, 2.75) is 40.9 Å². The van der Waals surface area contributed by atoms with Crippen LogP contribution in [0.15, 0.2) is 24.3 Å². The van der Waals surface area contributed by atoms with Crippen LogP contribution in [0, 0.1) is 10.1 Å². The molecule has 0 saturated heterocycles. The molecule has 198 valence electrons. The van der Waals surface area contributed by atoms with Crippen molar-refractivity contribution in [2.75, 3.05) is 26.3 Å². The molecule has 10 nitrogen and oxygen atoms in total. The fourth-order valence-electron chi connectivity index (χ4n) is 3.89. The number of fused-ring (bicyclic) bond motifs is 2. The highest BCUT2D eigenvalue weighted by Gasteiger charge is 2.41. The monoisotopic (exact) mass is 544 g/mol. The van der Waals surface area contributed by atoms with Crippen molar-refractivity contribution in [2.24, 2.45) is 5.73 Å². The second kappa shape index (κ2) is 14.0. The maximum atomic E-state index is 10.5. The third-order valence-corrected chi connectivity index (χ3v) is 5.62. The lowest BCUT2D eigenvalue weighted by molar-refractivity contribution is -0.490. The summed E-state index contributed by atoms with van der Waals surface area (Å²) in [6.07, 6.45) is -1.12. The van der Waals surface area contributed by atoms with E-state index < -0.39 is 31.8 Å². The second-order valence-corrected chi connectivity index (χ2v) is 8.26. The average molecular weight is 545 g/mol. The lowest BCUT2D eigenvalue weighted by Gasteiger charge is -2.11. The highest BCUT2D eigenvalue weighted by atomic mass is 35.5. The standard InChI is InChI=1S/C10H11BClNO5.C10H13BClNO3.2CH4/c1-2-17-8-4-6(12)3-7-9(5-13(15)16)18-11(14)10(7)8;1-2-15-8-4-6(12)3-7-9(5-13)16-11(14)10(7)8;;/h3-4,9,14H,2,5H2,1H3;3-4,9,14H,2,5,13H2,1H3;2*1H4. The molecule has 2 aromatic carbocycles. The normalized spacial score (nSPS) is 17.2. The van der Waals surface area contributed by atoms with E-state index in [4.69, 9.17) is 47.7 Å². The Bertz CT molecular complexity index is 1050. The van der Waals surface area contributed by atoms with Gasteiger partial charge in [0.25, 0.3) is 0 Å². The predicted octanol–water partition coefficient (Wildman–Crippen LogP) is 2.50. The number of ether oxygens (including phenoxy) is 2. The number of hydrogen-bond acceptors (Lipinski definition) is 9. The number of benzene rings is 2. The summed E-state index contributed by atoms with van der Waals surface area (Å²) < 4.78 is 21.3. The molecule has 2 atom stereocenters. The Kier molecular flexibility index (Phi) is 12.5. The Labute approximate surface area is 222 Å². The van der Waals surface area contributed by atoms with E-state index in [9.17, 15) is 20.2 Å². The molecule has 0 radical (unpaired) electrons. The van der Waals surface area contributed by atoms with Crippen molar-refractivity contribution in [1.29, 1.82) is 0 Å². The van der Waals surface area contributed by atoms with Crippen LogP contribution in [0.5, 0.6) is 11.5 Å². The van der Waals surface area contributed by atoms with Gasteiger partial charge in [-0.3, -0.25) is 10.1 Å². The van der Waals surface area contributed by atoms with Crippen molar-refractivity contribution < 1.29 is 33.8 Å². The van der Waals surface area contributed by atoms with Gasteiger partial charge in [0.1, 0.15) is 17.6 Å². The Morgan fingerprint density at radius 2 is 1.36 bits per heavy atom. The van der Waals surface area contributed by atoms with Gasteiger partial charge in [0, 0.05) is 32.4 Å². The molecule has 2 aliphatic heterocycles. The molecule has 2 aromatic rings. The largest absolute Gasteiger partial charge is 0.496 e. The van der Waals surface area contributed by atoms with E-state index in [2.05, 4.69) is 0 Å². The van der Waals surface area contributed by atoms with Gasteiger partial charge in [-0.2, -0.15) is 0 Å². The lowest BCUT2D eigenvalue weighted by Crippen LogP contribution is -2.30. The van der Waals surface area contributed by atoms with Gasteiger partial charge in [-0.05, 0) is 49.2 Å². The van der Waals surface area contributed by atoms with Crippen LogP contribution in [0.4, 0.5) is 0 Å². The topological polar surface area (TPSA) is 147 Å². The van der Waals surface area contributed by atoms with Gasteiger partial charge >= 0.3 is 14.2 Å². The fraction of sp³-hybridized carbons (Fsp3) is 0.455. The lowest BCUT2D eigenvalue weighted by atomic mass is 9.78. The van der Waals surface area contributed by atoms with E-state index in [0.717, 1.165) is 5.56 Å². The minimum Gasteiger partial charge on any atom is -0.494 e. The highest BCUT2D eigenvalue weighted by molar-refractivity contribution is 6.63. The number of nitrogens with zero attached hydrogens (tertiary/aromatic N) is 1.